The number of nitrogens with one attached hydrogen (secondary N) is 1. The van der Waals surface area contributed by atoms with Crippen molar-refractivity contribution in [2.24, 2.45) is 11.8 Å². The van der Waals surface area contributed by atoms with Crippen molar-refractivity contribution in [3.63, 3.8) is 0 Å². The Morgan fingerprint density at radius 2 is 2.21 bits per heavy atom. The lowest BCUT2D eigenvalue weighted by atomic mass is 9.79. The minimum atomic E-state index is 0.0341. The molecular weight excluding hydrogens is 350 g/mol. The van der Waals surface area contributed by atoms with Crippen LogP contribution < -0.4 is 5.32 Å². The summed E-state index contributed by atoms with van der Waals surface area (Å²) in [6, 6.07) is 0.175. The molecule has 28 heavy (non-hydrogen) atoms. The second-order valence-corrected chi connectivity index (χ2v) is 8.49. The summed E-state index contributed by atoms with van der Waals surface area (Å²) in [4.78, 5) is 11.2. The van der Waals surface area contributed by atoms with E-state index in [9.17, 15) is 4.79 Å². The third-order valence-corrected chi connectivity index (χ3v) is 5.86. The van der Waals surface area contributed by atoms with Crippen LogP contribution >= 0.6 is 0 Å². The highest BCUT2D eigenvalue weighted by Gasteiger charge is 2.24. The fourth-order valence-corrected chi connectivity index (χ4v) is 4.39. The van der Waals surface area contributed by atoms with E-state index in [2.05, 4.69) is 49.5 Å². The van der Waals surface area contributed by atoms with Crippen LogP contribution in [0.1, 0.15) is 59.3 Å². The molecule has 3 rings (SSSR count). The molecule has 4 nitrogen and oxygen atoms in total. The van der Waals surface area contributed by atoms with Crippen LogP contribution in [0, 0.1) is 11.8 Å². The highest BCUT2D eigenvalue weighted by Crippen LogP contribution is 2.35. The summed E-state index contributed by atoms with van der Waals surface area (Å²) in [5.74, 6) is 2.09. The van der Waals surface area contributed by atoms with E-state index >= 15 is 0 Å². The number of ether oxygens (including phenoxy) is 2. The molecule has 1 amide bonds. The van der Waals surface area contributed by atoms with E-state index in [4.69, 9.17) is 9.47 Å². The Morgan fingerprint density at radius 3 is 2.86 bits per heavy atom. The minimum Gasteiger partial charge on any atom is -0.495 e. The van der Waals surface area contributed by atoms with Crippen LogP contribution in [0.4, 0.5) is 0 Å². The summed E-state index contributed by atoms with van der Waals surface area (Å²) in [5.41, 5.74) is 2.80. The monoisotopic (exact) mass is 385 g/mol. The van der Waals surface area contributed by atoms with Crippen LogP contribution in [0.25, 0.3) is 0 Å². The molecule has 1 heterocycles. The van der Waals surface area contributed by atoms with Gasteiger partial charge in [0.25, 0.3) is 0 Å². The number of amides is 1. The molecule has 1 fully saturated rings. The van der Waals surface area contributed by atoms with Crippen molar-refractivity contribution in [3.05, 3.63) is 47.3 Å². The van der Waals surface area contributed by atoms with Gasteiger partial charge in [0, 0.05) is 31.9 Å². The Bertz CT molecular complexity index is 667. The van der Waals surface area contributed by atoms with Gasteiger partial charge in [-0.25, -0.2) is 0 Å². The van der Waals surface area contributed by atoms with E-state index in [1.54, 1.807) is 6.92 Å². The van der Waals surface area contributed by atoms with Crippen LogP contribution in [-0.2, 0) is 14.3 Å². The summed E-state index contributed by atoms with van der Waals surface area (Å²) < 4.78 is 11.8. The minimum absolute atomic E-state index is 0.0341. The summed E-state index contributed by atoms with van der Waals surface area (Å²) >= 11 is 0. The topological polar surface area (TPSA) is 47.6 Å². The lowest BCUT2D eigenvalue weighted by Crippen LogP contribution is -2.30. The smallest absolute Gasteiger partial charge is 0.217 e. The van der Waals surface area contributed by atoms with Gasteiger partial charge in [0.2, 0.25) is 5.91 Å². The highest BCUT2D eigenvalue weighted by atomic mass is 16.5. The second-order valence-electron chi connectivity index (χ2n) is 8.49. The van der Waals surface area contributed by atoms with E-state index in [1.807, 2.05) is 0 Å². The second kappa shape index (κ2) is 10.1. The molecule has 2 aliphatic carbocycles. The van der Waals surface area contributed by atoms with E-state index < -0.39 is 0 Å². The van der Waals surface area contributed by atoms with Crippen molar-refractivity contribution >= 4 is 5.91 Å². The van der Waals surface area contributed by atoms with Gasteiger partial charge in [0.15, 0.2) is 0 Å². The average molecular weight is 386 g/mol. The van der Waals surface area contributed by atoms with E-state index in [0.29, 0.717) is 18.4 Å². The molecule has 0 aromatic carbocycles. The van der Waals surface area contributed by atoms with Crippen LogP contribution in [0.15, 0.2) is 47.3 Å². The molecule has 0 aromatic heterocycles. The van der Waals surface area contributed by atoms with Gasteiger partial charge < -0.3 is 14.8 Å². The number of carbonyl (C=O) groups is 1. The van der Waals surface area contributed by atoms with Crippen molar-refractivity contribution < 1.29 is 14.3 Å². The summed E-state index contributed by atoms with van der Waals surface area (Å²) in [5, 5.41) is 2.96. The number of allylic oxidation sites excluding steroid dienone is 7. The van der Waals surface area contributed by atoms with Gasteiger partial charge in [-0.05, 0) is 51.0 Å². The molecule has 1 aliphatic heterocycles. The molecule has 154 valence electrons. The first-order valence-electron chi connectivity index (χ1n) is 10.8. The van der Waals surface area contributed by atoms with Gasteiger partial charge >= 0.3 is 0 Å². The van der Waals surface area contributed by atoms with Gasteiger partial charge in [-0.1, -0.05) is 42.4 Å². The molecule has 4 unspecified atom stereocenters. The molecule has 0 saturated carbocycles. The number of carbonyl (C=O) groups excluding carboxylic acids is 1. The van der Waals surface area contributed by atoms with E-state index in [1.165, 1.54) is 24.0 Å². The van der Waals surface area contributed by atoms with E-state index in [-0.39, 0.29) is 18.1 Å². The zero-order valence-electron chi connectivity index (χ0n) is 17.6. The predicted octanol–water partition coefficient (Wildman–Crippen LogP) is 4.84. The maximum Gasteiger partial charge on any atom is 0.217 e. The van der Waals surface area contributed by atoms with Crippen molar-refractivity contribution in [2.45, 2.75) is 71.4 Å². The SMILES string of the molecule is CC(=O)NC(C)CC1=CCC(C2=CC=C(OCC3CCCCO3)CC2C)C=C1. The molecule has 4 atom stereocenters. The quantitative estimate of drug-likeness (QED) is 0.682. The number of rotatable bonds is 7. The van der Waals surface area contributed by atoms with Gasteiger partial charge in [0.05, 0.1) is 11.9 Å². The zero-order valence-corrected chi connectivity index (χ0v) is 17.6. The zero-order chi connectivity index (χ0) is 19.9. The Kier molecular flexibility index (Phi) is 7.55. The molecule has 0 radical (unpaired) electrons. The van der Waals surface area contributed by atoms with Gasteiger partial charge in [-0.3, -0.25) is 4.79 Å². The van der Waals surface area contributed by atoms with Crippen LogP contribution in [0.3, 0.4) is 0 Å². The third kappa shape index (κ3) is 6.10. The van der Waals surface area contributed by atoms with Crippen molar-refractivity contribution in [1.82, 2.24) is 5.32 Å². The fraction of sp³-hybridized carbons (Fsp3) is 0.625. The Balaban J connectivity index is 1.50. The molecule has 1 N–H and O–H groups in total. The highest BCUT2D eigenvalue weighted by molar-refractivity contribution is 5.73. The van der Waals surface area contributed by atoms with Crippen molar-refractivity contribution in [2.75, 3.05) is 13.2 Å². The molecular formula is C24H35NO3. The Labute approximate surface area is 169 Å². The standard InChI is InChI=1S/C24H35NO3/c1-17-14-22(28-16-23-6-4-5-13-27-23)11-12-24(17)21-9-7-20(8-10-21)15-18(2)25-19(3)26/h7-9,11-12,17-18,21,23H,4-6,10,13-16H2,1-3H3,(H,25,26). The van der Waals surface area contributed by atoms with Crippen LogP contribution in [0.2, 0.25) is 0 Å². The average Bonchev–Trinajstić information content (AvgIpc) is 2.67. The van der Waals surface area contributed by atoms with Crippen molar-refractivity contribution in [1.29, 1.82) is 0 Å². The number of hydrogen-bond donors (Lipinski definition) is 1. The summed E-state index contributed by atoms with van der Waals surface area (Å²) in [7, 11) is 0. The van der Waals surface area contributed by atoms with Gasteiger partial charge in [-0.15, -0.1) is 0 Å². The predicted molar refractivity (Wildman–Crippen MR) is 113 cm³/mol. The van der Waals surface area contributed by atoms with Crippen molar-refractivity contribution in [3.8, 4) is 0 Å². The molecule has 0 spiro atoms. The Hall–Kier alpha value is -1.81. The lowest BCUT2D eigenvalue weighted by Gasteiger charge is -2.29. The fourth-order valence-electron chi connectivity index (χ4n) is 4.39. The van der Waals surface area contributed by atoms with E-state index in [0.717, 1.165) is 38.0 Å². The number of hydrogen-bond acceptors (Lipinski definition) is 3. The molecule has 0 bridgehead atoms. The van der Waals surface area contributed by atoms with Gasteiger partial charge in [-0.2, -0.15) is 0 Å². The van der Waals surface area contributed by atoms with Crippen LogP contribution in [0.5, 0.6) is 0 Å². The summed E-state index contributed by atoms with van der Waals surface area (Å²) in [6.45, 7) is 7.48. The summed E-state index contributed by atoms with van der Waals surface area (Å²) in [6.07, 6.45) is 18.0. The molecule has 1 saturated heterocycles. The molecule has 3 aliphatic rings. The third-order valence-electron chi connectivity index (χ3n) is 5.86. The first-order valence-corrected chi connectivity index (χ1v) is 10.8. The largest absolute Gasteiger partial charge is 0.495 e. The maximum absolute atomic E-state index is 11.2. The van der Waals surface area contributed by atoms with Crippen LogP contribution in [-0.4, -0.2) is 31.3 Å². The molecule has 0 aromatic rings. The normalized spacial score (nSPS) is 28.7. The van der Waals surface area contributed by atoms with Gasteiger partial charge in [0.1, 0.15) is 6.61 Å². The maximum atomic E-state index is 11.2. The first-order chi connectivity index (χ1) is 13.5. The first kappa shape index (κ1) is 20.9. The lowest BCUT2D eigenvalue weighted by molar-refractivity contribution is -0.119. The molecule has 4 heteroatoms. The Morgan fingerprint density at radius 1 is 1.36 bits per heavy atom.